The molecule has 0 atom stereocenters. The van der Waals surface area contributed by atoms with Crippen molar-refractivity contribution in [2.45, 2.75) is 19.4 Å². The minimum absolute atomic E-state index is 0.0267. The van der Waals surface area contributed by atoms with Crippen molar-refractivity contribution in [3.05, 3.63) is 44.9 Å². The molecule has 0 amide bonds. The van der Waals surface area contributed by atoms with Gasteiger partial charge in [0.15, 0.2) is 0 Å². The van der Waals surface area contributed by atoms with Crippen molar-refractivity contribution in [3.63, 3.8) is 0 Å². The molecule has 0 radical (unpaired) electrons. The Balaban J connectivity index is 1.87. The van der Waals surface area contributed by atoms with Gasteiger partial charge in [-0.2, -0.15) is 0 Å². The third-order valence-electron chi connectivity index (χ3n) is 3.38. The lowest BCUT2D eigenvalue weighted by Gasteiger charge is -2.15. The second-order valence-electron chi connectivity index (χ2n) is 5.30. The molecule has 19 heavy (non-hydrogen) atoms. The molecule has 0 spiro atoms. The van der Waals surface area contributed by atoms with Crippen LogP contribution in [0.5, 0.6) is 0 Å². The summed E-state index contributed by atoms with van der Waals surface area (Å²) in [5, 5.41) is 0. The van der Waals surface area contributed by atoms with Crippen molar-refractivity contribution < 1.29 is 0 Å². The molecule has 0 N–H and O–H groups in total. The van der Waals surface area contributed by atoms with E-state index in [-0.39, 0.29) is 5.56 Å². The van der Waals surface area contributed by atoms with Crippen LogP contribution >= 0.6 is 15.9 Å². The van der Waals surface area contributed by atoms with Crippen molar-refractivity contribution in [3.8, 4) is 0 Å². The number of nitrogens with zero attached hydrogens (tertiary/aromatic N) is 3. The first-order valence-electron chi connectivity index (χ1n) is 6.48. The van der Waals surface area contributed by atoms with Gasteiger partial charge >= 0.3 is 0 Å². The molecule has 1 aliphatic rings. The first kappa shape index (κ1) is 12.8. The fourth-order valence-corrected chi connectivity index (χ4v) is 2.63. The average Bonchev–Trinajstić information content (AvgIpc) is 3.14. The Morgan fingerprint density at radius 1 is 1.47 bits per heavy atom. The minimum Gasteiger partial charge on any atom is -0.300 e. The van der Waals surface area contributed by atoms with Crippen molar-refractivity contribution in [2.75, 3.05) is 13.6 Å². The van der Waals surface area contributed by atoms with Gasteiger partial charge in [0, 0.05) is 29.8 Å². The van der Waals surface area contributed by atoms with Gasteiger partial charge in [-0.15, -0.1) is 0 Å². The lowest BCUT2D eigenvalue weighted by molar-refractivity contribution is 0.309. The van der Waals surface area contributed by atoms with E-state index in [1.165, 1.54) is 12.8 Å². The Morgan fingerprint density at radius 3 is 3.00 bits per heavy atom. The highest BCUT2D eigenvalue weighted by atomic mass is 79.9. The number of pyridine rings is 1. The van der Waals surface area contributed by atoms with E-state index in [0.29, 0.717) is 5.65 Å². The summed E-state index contributed by atoms with van der Waals surface area (Å²) in [6, 6.07) is 5.39. The minimum atomic E-state index is -0.0267. The maximum atomic E-state index is 12.1. The fourth-order valence-electron chi connectivity index (χ4n) is 2.29. The van der Waals surface area contributed by atoms with E-state index in [9.17, 15) is 4.79 Å². The second kappa shape index (κ2) is 5.06. The first-order chi connectivity index (χ1) is 9.11. The van der Waals surface area contributed by atoms with Crippen LogP contribution in [0.2, 0.25) is 0 Å². The molecule has 0 unspecified atom stereocenters. The summed E-state index contributed by atoms with van der Waals surface area (Å²) >= 11 is 3.36. The average molecular weight is 322 g/mol. The Morgan fingerprint density at radius 2 is 2.26 bits per heavy atom. The SMILES string of the molecule is CN(Cc1cc(=O)n2cc(Br)ccc2n1)CC1CC1. The van der Waals surface area contributed by atoms with Crippen LogP contribution in [-0.2, 0) is 6.54 Å². The molecule has 0 aromatic carbocycles. The summed E-state index contributed by atoms with van der Waals surface area (Å²) in [6.45, 7) is 1.83. The van der Waals surface area contributed by atoms with E-state index in [1.54, 1.807) is 16.7 Å². The number of fused-ring (bicyclic) bond motifs is 1. The maximum Gasteiger partial charge on any atom is 0.258 e. The first-order valence-corrected chi connectivity index (χ1v) is 7.27. The number of halogens is 1. The molecular formula is C14H16BrN3O. The Labute approximate surface area is 120 Å². The van der Waals surface area contributed by atoms with Gasteiger partial charge in [0.25, 0.3) is 5.56 Å². The molecule has 2 aromatic heterocycles. The predicted molar refractivity (Wildman–Crippen MR) is 78.2 cm³/mol. The van der Waals surface area contributed by atoms with Gasteiger partial charge in [0.1, 0.15) is 5.65 Å². The van der Waals surface area contributed by atoms with E-state index in [1.807, 2.05) is 12.1 Å². The molecule has 100 valence electrons. The molecular weight excluding hydrogens is 306 g/mol. The highest BCUT2D eigenvalue weighted by Crippen LogP contribution is 2.29. The Hall–Kier alpha value is -1.20. The molecule has 3 rings (SSSR count). The van der Waals surface area contributed by atoms with Crippen molar-refractivity contribution in [2.24, 2.45) is 5.92 Å². The fraction of sp³-hybridized carbons (Fsp3) is 0.429. The van der Waals surface area contributed by atoms with Crippen LogP contribution in [-0.4, -0.2) is 27.9 Å². The zero-order valence-electron chi connectivity index (χ0n) is 10.8. The number of rotatable bonds is 4. The van der Waals surface area contributed by atoms with Gasteiger partial charge < -0.3 is 4.90 Å². The third kappa shape index (κ3) is 3.04. The second-order valence-corrected chi connectivity index (χ2v) is 6.22. The van der Waals surface area contributed by atoms with E-state index >= 15 is 0 Å². The number of hydrogen-bond donors (Lipinski definition) is 0. The van der Waals surface area contributed by atoms with Crippen LogP contribution in [0, 0.1) is 5.92 Å². The Bertz CT molecular complexity index is 663. The summed E-state index contributed by atoms with van der Waals surface area (Å²) < 4.78 is 2.44. The molecule has 4 nitrogen and oxygen atoms in total. The molecule has 0 aliphatic heterocycles. The van der Waals surface area contributed by atoms with Crippen molar-refractivity contribution in [1.29, 1.82) is 0 Å². The highest BCUT2D eigenvalue weighted by molar-refractivity contribution is 9.10. The van der Waals surface area contributed by atoms with Crippen LogP contribution in [0.15, 0.2) is 33.7 Å². The van der Waals surface area contributed by atoms with Crippen LogP contribution in [0.1, 0.15) is 18.5 Å². The van der Waals surface area contributed by atoms with Crippen molar-refractivity contribution >= 4 is 21.6 Å². The van der Waals surface area contributed by atoms with E-state index in [0.717, 1.165) is 29.2 Å². The predicted octanol–water partition coefficient (Wildman–Crippen LogP) is 2.30. The summed E-state index contributed by atoms with van der Waals surface area (Å²) in [4.78, 5) is 18.8. The van der Waals surface area contributed by atoms with Gasteiger partial charge in [0.2, 0.25) is 0 Å². The smallest absolute Gasteiger partial charge is 0.258 e. The third-order valence-corrected chi connectivity index (χ3v) is 3.84. The topological polar surface area (TPSA) is 37.6 Å². The Kier molecular flexibility index (Phi) is 3.41. The molecule has 1 aliphatic carbocycles. The lowest BCUT2D eigenvalue weighted by atomic mass is 10.3. The van der Waals surface area contributed by atoms with Gasteiger partial charge in [-0.1, -0.05) is 0 Å². The molecule has 5 heteroatoms. The van der Waals surface area contributed by atoms with Crippen molar-refractivity contribution in [1.82, 2.24) is 14.3 Å². The quantitative estimate of drug-likeness (QED) is 0.867. The van der Waals surface area contributed by atoms with Crippen LogP contribution in [0.3, 0.4) is 0 Å². The molecule has 2 heterocycles. The highest BCUT2D eigenvalue weighted by Gasteiger charge is 2.22. The summed E-state index contributed by atoms with van der Waals surface area (Å²) in [5.41, 5.74) is 1.52. The van der Waals surface area contributed by atoms with Gasteiger partial charge in [-0.3, -0.25) is 9.20 Å². The zero-order valence-corrected chi connectivity index (χ0v) is 12.4. The summed E-state index contributed by atoms with van der Waals surface area (Å²) in [7, 11) is 2.09. The monoisotopic (exact) mass is 321 g/mol. The van der Waals surface area contributed by atoms with Gasteiger partial charge in [-0.25, -0.2) is 4.98 Å². The molecule has 0 saturated heterocycles. The van der Waals surface area contributed by atoms with E-state index in [4.69, 9.17) is 0 Å². The molecule has 1 saturated carbocycles. The maximum absolute atomic E-state index is 12.1. The number of hydrogen-bond acceptors (Lipinski definition) is 3. The largest absolute Gasteiger partial charge is 0.300 e. The molecule has 0 bridgehead atoms. The normalized spacial score (nSPS) is 15.3. The van der Waals surface area contributed by atoms with Gasteiger partial charge in [0.05, 0.1) is 5.69 Å². The van der Waals surface area contributed by atoms with Gasteiger partial charge in [-0.05, 0) is 53.9 Å². The van der Waals surface area contributed by atoms with E-state index in [2.05, 4.69) is 32.9 Å². The molecule has 2 aromatic rings. The standard InChI is InChI=1S/C14H16BrN3O/c1-17(7-10-2-3-10)9-12-6-14(19)18-8-11(15)4-5-13(18)16-12/h4-6,8,10H,2-3,7,9H2,1H3. The molecule has 1 fully saturated rings. The lowest BCUT2D eigenvalue weighted by Crippen LogP contribution is -2.23. The van der Waals surface area contributed by atoms with Crippen LogP contribution < -0.4 is 5.56 Å². The van der Waals surface area contributed by atoms with Crippen LogP contribution in [0.25, 0.3) is 5.65 Å². The summed E-state index contributed by atoms with van der Waals surface area (Å²) in [5.74, 6) is 0.850. The number of aromatic nitrogens is 2. The van der Waals surface area contributed by atoms with Crippen LogP contribution in [0.4, 0.5) is 0 Å². The summed E-state index contributed by atoms with van der Waals surface area (Å²) in [6.07, 6.45) is 4.43. The van der Waals surface area contributed by atoms with E-state index < -0.39 is 0 Å². The zero-order chi connectivity index (χ0) is 13.4.